The molecule has 1 unspecified atom stereocenters. The summed E-state index contributed by atoms with van der Waals surface area (Å²) in [4.78, 5) is 11.6. The minimum absolute atomic E-state index is 0.502. The zero-order valence-corrected chi connectivity index (χ0v) is 11.3. The first-order chi connectivity index (χ1) is 9.35. The van der Waals surface area contributed by atoms with Gasteiger partial charge < -0.3 is 10.2 Å². The van der Waals surface area contributed by atoms with Crippen LogP contribution in [-0.2, 0) is 0 Å². The maximum atomic E-state index is 4.62. The second-order valence-electron chi connectivity index (χ2n) is 5.17. The van der Waals surface area contributed by atoms with Gasteiger partial charge in [-0.3, -0.25) is 4.98 Å². The molecule has 3 rings (SSSR count). The maximum absolute atomic E-state index is 4.62. The van der Waals surface area contributed by atoms with Gasteiger partial charge in [-0.05, 0) is 31.5 Å². The monoisotopic (exact) mass is 256 g/mol. The predicted octanol–water partition coefficient (Wildman–Crippen LogP) is 2.53. The molecule has 1 atom stereocenters. The Bertz CT molecular complexity index is 555. The van der Waals surface area contributed by atoms with Crippen LogP contribution in [0.2, 0.25) is 0 Å². The number of hydrogen-bond acceptors (Lipinski definition) is 4. The molecule has 1 aliphatic rings. The minimum atomic E-state index is 0.502. The molecule has 100 valence electrons. The van der Waals surface area contributed by atoms with Crippen molar-refractivity contribution in [1.82, 2.24) is 14.9 Å². The average molecular weight is 256 g/mol. The van der Waals surface area contributed by atoms with Gasteiger partial charge in [-0.15, -0.1) is 0 Å². The Morgan fingerprint density at radius 1 is 1.32 bits per heavy atom. The van der Waals surface area contributed by atoms with Crippen molar-refractivity contribution in [2.24, 2.45) is 0 Å². The van der Waals surface area contributed by atoms with Gasteiger partial charge in [0.25, 0.3) is 0 Å². The quantitative estimate of drug-likeness (QED) is 0.912. The third kappa shape index (κ3) is 2.84. The van der Waals surface area contributed by atoms with Crippen molar-refractivity contribution >= 4 is 16.9 Å². The molecule has 0 amide bonds. The van der Waals surface area contributed by atoms with Crippen LogP contribution in [0.3, 0.4) is 0 Å². The number of fused-ring (bicyclic) bond motifs is 1. The number of anilines is 1. The third-order valence-electron chi connectivity index (χ3n) is 3.61. The Labute approximate surface area is 113 Å². The summed E-state index contributed by atoms with van der Waals surface area (Å²) in [6.07, 6.45) is 4.25. The molecule has 0 aliphatic carbocycles. The first-order valence-electron chi connectivity index (χ1n) is 7.06. The topological polar surface area (TPSA) is 41.0 Å². The fourth-order valence-electron chi connectivity index (χ4n) is 2.71. The van der Waals surface area contributed by atoms with E-state index in [1.165, 1.54) is 25.9 Å². The van der Waals surface area contributed by atoms with E-state index in [0.717, 1.165) is 23.4 Å². The summed E-state index contributed by atoms with van der Waals surface area (Å²) < 4.78 is 0. The van der Waals surface area contributed by atoms with Gasteiger partial charge in [-0.25, -0.2) is 4.98 Å². The van der Waals surface area contributed by atoms with Gasteiger partial charge in [0.1, 0.15) is 5.82 Å². The van der Waals surface area contributed by atoms with Crippen LogP contribution in [0, 0.1) is 0 Å². The zero-order chi connectivity index (χ0) is 13.1. The van der Waals surface area contributed by atoms with Crippen molar-refractivity contribution in [3.63, 3.8) is 0 Å². The maximum Gasteiger partial charge on any atom is 0.145 e. The molecule has 19 heavy (non-hydrogen) atoms. The Kier molecular flexibility index (Phi) is 3.60. The van der Waals surface area contributed by atoms with Crippen LogP contribution in [0.15, 0.2) is 30.5 Å². The summed E-state index contributed by atoms with van der Waals surface area (Å²) in [7, 11) is 0. The molecular formula is C15H20N4. The fraction of sp³-hybridized carbons (Fsp3) is 0.467. The van der Waals surface area contributed by atoms with Crippen molar-refractivity contribution in [2.45, 2.75) is 25.8 Å². The Hall–Kier alpha value is -1.68. The lowest BCUT2D eigenvalue weighted by Crippen LogP contribution is -2.27. The Morgan fingerprint density at radius 3 is 3.00 bits per heavy atom. The Morgan fingerprint density at radius 2 is 2.16 bits per heavy atom. The van der Waals surface area contributed by atoms with E-state index in [0.29, 0.717) is 6.04 Å². The predicted molar refractivity (Wildman–Crippen MR) is 78.3 cm³/mol. The lowest BCUT2D eigenvalue weighted by Gasteiger charge is -2.16. The van der Waals surface area contributed by atoms with E-state index >= 15 is 0 Å². The fourth-order valence-corrected chi connectivity index (χ4v) is 2.71. The van der Waals surface area contributed by atoms with E-state index in [1.54, 1.807) is 0 Å². The molecule has 0 bridgehead atoms. The van der Waals surface area contributed by atoms with E-state index in [1.807, 2.05) is 30.5 Å². The summed E-state index contributed by atoms with van der Waals surface area (Å²) in [5, 5.41) is 3.51. The van der Waals surface area contributed by atoms with Crippen molar-refractivity contribution in [2.75, 3.05) is 25.0 Å². The molecule has 4 nitrogen and oxygen atoms in total. The summed E-state index contributed by atoms with van der Waals surface area (Å²) >= 11 is 0. The molecule has 1 aromatic carbocycles. The average Bonchev–Trinajstić information content (AvgIpc) is 2.86. The van der Waals surface area contributed by atoms with Crippen molar-refractivity contribution in [3.05, 3.63) is 30.5 Å². The molecule has 1 fully saturated rings. The molecule has 0 spiro atoms. The van der Waals surface area contributed by atoms with Crippen LogP contribution in [0.5, 0.6) is 0 Å². The molecule has 1 aromatic heterocycles. The van der Waals surface area contributed by atoms with Crippen LogP contribution in [0.25, 0.3) is 11.0 Å². The second kappa shape index (κ2) is 5.53. The standard InChI is InChI=1S/C15H20N4/c1-2-8-19-9-7-12(11-19)17-15-10-16-13-5-3-4-6-14(13)18-15/h3-6,10,12H,2,7-9,11H2,1H3,(H,17,18). The van der Waals surface area contributed by atoms with Gasteiger partial charge >= 0.3 is 0 Å². The van der Waals surface area contributed by atoms with Gasteiger partial charge in [-0.2, -0.15) is 0 Å². The van der Waals surface area contributed by atoms with Crippen LogP contribution < -0.4 is 5.32 Å². The second-order valence-corrected chi connectivity index (χ2v) is 5.17. The number of nitrogens with zero attached hydrogens (tertiary/aromatic N) is 3. The van der Waals surface area contributed by atoms with E-state index in [9.17, 15) is 0 Å². The van der Waals surface area contributed by atoms with Crippen LogP contribution in [-0.4, -0.2) is 40.5 Å². The smallest absolute Gasteiger partial charge is 0.145 e. The first-order valence-corrected chi connectivity index (χ1v) is 7.06. The molecule has 0 saturated carbocycles. The highest BCUT2D eigenvalue weighted by Crippen LogP contribution is 2.16. The SMILES string of the molecule is CCCN1CCC(Nc2cnc3ccccc3n2)C1. The van der Waals surface area contributed by atoms with Crippen LogP contribution in [0.4, 0.5) is 5.82 Å². The highest BCUT2D eigenvalue weighted by atomic mass is 15.2. The highest BCUT2D eigenvalue weighted by Gasteiger charge is 2.21. The molecule has 1 aliphatic heterocycles. The molecule has 4 heteroatoms. The number of hydrogen-bond donors (Lipinski definition) is 1. The molecule has 1 N–H and O–H groups in total. The summed E-state index contributed by atoms with van der Waals surface area (Å²) in [5.41, 5.74) is 1.91. The van der Waals surface area contributed by atoms with Crippen LogP contribution >= 0.6 is 0 Å². The zero-order valence-electron chi connectivity index (χ0n) is 11.3. The van der Waals surface area contributed by atoms with E-state index < -0.39 is 0 Å². The summed E-state index contributed by atoms with van der Waals surface area (Å²) in [6.45, 7) is 5.73. The summed E-state index contributed by atoms with van der Waals surface area (Å²) in [5.74, 6) is 0.891. The van der Waals surface area contributed by atoms with Crippen molar-refractivity contribution < 1.29 is 0 Å². The lowest BCUT2D eigenvalue weighted by atomic mass is 10.2. The summed E-state index contributed by atoms with van der Waals surface area (Å²) in [6, 6.07) is 8.49. The van der Waals surface area contributed by atoms with Crippen molar-refractivity contribution in [1.29, 1.82) is 0 Å². The number of benzene rings is 1. The van der Waals surface area contributed by atoms with Gasteiger partial charge in [0.05, 0.1) is 17.2 Å². The van der Waals surface area contributed by atoms with Crippen molar-refractivity contribution in [3.8, 4) is 0 Å². The molecular weight excluding hydrogens is 236 g/mol. The van der Waals surface area contributed by atoms with Gasteiger partial charge in [0.2, 0.25) is 0 Å². The number of rotatable bonds is 4. The molecule has 1 saturated heterocycles. The van der Waals surface area contributed by atoms with Gasteiger partial charge in [0, 0.05) is 19.1 Å². The van der Waals surface area contributed by atoms with E-state index in [-0.39, 0.29) is 0 Å². The number of para-hydroxylation sites is 2. The first kappa shape index (κ1) is 12.4. The number of likely N-dealkylation sites (tertiary alicyclic amines) is 1. The van der Waals surface area contributed by atoms with Gasteiger partial charge in [0.15, 0.2) is 0 Å². The highest BCUT2D eigenvalue weighted by molar-refractivity contribution is 5.75. The number of aromatic nitrogens is 2. The molecule has 2 aromatic rings. The van der Waals surface area contributed by atoms with E-state index in [4.69, 9.17) is 0 Å². The molecule has 0 radical (unpaired) electrons. The largest absolute Gasteiger partial charge is 0.365 e. The van der Waals surface area contributed by atoms with Gasteiger partial charge in [-0.1, -0.05) is 19.1 Å². The normalized spacial score (nSPS) is 19.9. The van der Waals surface area contributed by atoms with Crippen LogP contribution in [0.1, 0.15) is 19.8 Å². The van der Waals surface area contributed by atoms with E-state index in [2.05, 4.69) is 27.1 Å². The third-order valence-corrected chi connectivity index (χ3v) is 3.61. The lowest BCUT2D eigenvalue weighted by molar-refractivity contribution is 0.337. The number of nitrogens with one attached hydrogen (secondary N) is 1. The Balaban J connectivity index is 1.68. The minimum Gasteiger partial charge on any atom is -0.365 e. The molecule has 2 heterocycles.